The molecule has 1 aromatic rings. The SMILES string of the molecule is C[C@H](CNC(=O)N(C)C[C@@H]1CCCN(C)C1)Cc1cccs1. The van der Waals surface area contributed by atoms with Gasteiger partial charge in [-0.1, -0.05) is 13.0 Å². The van der Waals surface area contributed by atoms with Crippen molar-refractivity contribution < 1.29 is 4.79 Å². The zero-order valence-corrected chi connectivity index (χ0v) is 14.9. The molecule has 1 N–H and O–H groups in total. The van der Waals surface area contributed by atoms with Gasteiger partial charge in [-0.2, -0.15) is 0 Å². The molecule has 1 aliphatic heterocycles. The van der Waals surface area contributed by atoms with Crippen molar-refractivity contribution in [1.82, 2.24) is 15.1 Å². The Hall–Kier alpha value is -1.07. The number of hydrogen-bond donors (Lipinski definition) is 1. The summed E-state index contributed by atoms with van der Waals surface area (Å²) in [7, 11) is 4.08. The Labute approximate surface area is 138 Å². The van der Waals surface area contributed by atoms with Crippen molar-refractivity contribution in [2.75, 3.05) is 40.3 Å². The van der Waals surface area contributed by atoms with Crippen molar-refractivity contribution in [2.24, 2.45) is 11.8 Å². The number of rotatable bonds is 6. The number of hydrogen-bond acceptors (Lipinski definition) is 3. The van der Waals surface area contributed by atoms with Crippen molar-refractivity contribution in [3.05, 3.63) is 22.4 Å². The van der Waals surface area contributed by atoms with Crippen LogP contribution in [0.5, 0.6) is 0 Å². The van der Waals surface area contributed by atoms with Gasteiger partial charge in [0.05, 0.1) is 0 Å². The Kier molecular flexibility index (Phi) is 6.70. The van der Waals surface area contributed by atoms with E-state index in [1.54, 1.807) is 11.3 Å². The first-order valence-corrected chi connectivity index (χ1v) is 9.12. The fourth-order valence-corrected chi connectivity index (χ4v) is 4.00. The maximum absolute atomic E-state index is 12.2. The maximum Gasteiger partial charge on any atom is 0.317 e. The Morgan fingerprint density at radius 1 is 1.59 bits per heavy atom. The number of carbonyl (C=O) groups is 1. The Morgan fingerprint density at radius 2 is 2.41 bits per heavy atom. The van der Waals surface area contributed by atoms with Crippen molar-refractivity contribution in [2.45, 2.75) is 26.2 Å². The van der Waals surface area contributed by atoms with Gasteiger partial charge in [-0.05, 0) is 56.1 Å². The molecule has 4 nitrogen and oxygen atoms in total. The van der Waals surface area contributed by atoms with Crippen LogP contribution in [0.4, 0.5) is 4.79 Å². The molecule has 0 aromatic carbocycles. The lowest BCUT2D eigenvalue weighted by atomic mass is 9.98. The van der Waals surface area contributed by atoms with E-state index in [-0.39, 0.29) is 6.03 Å². The third-order valence-corrected chi connectivity index (χ3v) is 5.23. The zero-order valence-electron chi connectivity index (χ0n) is 14.0. The van der Waals surface area contributed by atoms with Crippen LogP contribution in [0, 0.1) is 11.8 Å². The second kappa shape index (κ2) is 8.53. The van der Waals surface area contributed by atoms with Crippen LogP contribution in [-0.2, 0) is 6.42 Å². The summed E-state index contributed by atoms with van der Waals surface area (Å²) in [4.78, 5) is 17.8. The van der Waals surface area contributed by atoms with Crippen LogP contribution in [0.1, 0.15) is 24.6 Å². The summed E-state index contributed by atoms with van der Waals surface area (Å²) < 4.78 is 0. The summed E-state index contributed by atoms with van der Waals surface area (Å²) in [6, 6.07) is 4.31. The molecule has 2 heterocycles. The zero-order chi connectivity index (χ0) is 15.9. The van der Waals surface area contributed by atoms with Crippen LogP contribution in [0.25, 0.3) is 0 Å². The van der Waals surface area contributed by atoms with Crippen LogP contribution in [0.2, 0.25) is 0 Å². The first-order valence-electron chi connectivity index (χ1n) is 8.24. The van der Waals surface area contributed by atoms with Gasteiger partial charge < -0.3 is 15.1 Å². The smallest absolute Gasteiger partial charge is 0.317 e. The lowest BCUT2D eigenvalue weighted by molar-refractivity contribution is 0.163. The van der Waals surface area contributed by atoms with E-state index >= 15 is 0 Å². The van der Waals surface area contributed by atoms with Crippen molar-refractivity contribution in [3.8, 4) is 0 Å². The first-order chi connectivity index (χ1) is 10.5. The number of thiophene rings is 1. The van der Waals surface area contributed by atoms with E-state index in [1.807, 2.05) is 11.9 Å². The minimum atomic E-state index is 0.0613. The lowest BCUT2D eigenvalue weighted by Crippen LogP contribution is -2.44. The maximum atomic E-state index is 12.2. The van der Waals surface area contributed by atoms with Crippen LogP contribution in [-0.4, -0.2) is 56.1 Å². The number of likely N-dealkylation sites (tertiary alicyclic amines) is 1. The highest BCUT2D eigenvalue weighted by Crippen LogP contribution is 2.16. The molecule has 0 bridgehead atoms. The highest BCUT2D eigenvalue weighted by Gasteiger charge is 2.20. The van der Waals surface area contributed by atoms with Gasteiger partial charge in [0.25, 0.3) is 0 Å². The predicted octanol–water partition coefficient (Wildman–Crippen LogP) is 2.91. The van der Waals surface area contributed by atoms with Crippen molar-refractivity contribution in [1.29, 1.82) is 0 Å². The van der Waals surface area contributed by atoms with E-state index in [9.17, 15) is 4.79 Å². The molecule has 0 aliphatic carbocycles. The fraction of sp³-hybridized carbons (Fsp3) is 0.706. The normalized spacial score (nSPS) is 20.6. The van der Waals surface area contributed by atoms with Gasteiger partial charge in [-0.15, -0.1) is 11.3 Å². The molecule has 22 heavy (non-hydrogen) atoms. The number of piperidine rings is 1. The Morgan fingerprint density at radius 3 is 3.09 bits per heavy atom. The standard InChI is InChI=1S/C17H29N3OS/c1-14(10-16-7-5-9-22-16)11-18-17(21)20(3)13-15-6-4-8-19(2)12-15/h5,7,9,14-15H,4,6,8,10-13H2,1-3H3,(H,18,21)/t14-,15+/m0/s1. The Bertz CT molecular complexity index is 449. The van der Waals surface area contributed by atoms with E-state index in [1.165, 1.54) is 24.3 Å². The summed E-state index contributed by atoms with van der Waals surface area (Å²) in [6.07, 6.45) is 3.51. The quantitative estimate of drug-likeness (QED) is 0.874. The third-order valence-electron chi connectivity index (χ3n) is 4.33. The largest absolute Gasteiger partial charge is 0.338 e. The van der Waals surface area contributed by atoms with Gasteiger partial charge in [0.2, 0.25) is 0 Å². The average Bonchev–Trinajstić information content (AvgIpc) is 2.97. The van der Waals surface area contributed by atoms with E-state index in [4.69, 9.17) is 0 Å². The monoisotopic (exact) mass is 323 g/mol. The number of carbonyl (C=O) groups excluding carboxylic acids is 1. The molecule has 0 radical (unpaired) electrons. The molecule has 0 unspecified atom stereocenters. The van der Waals surface area contributed by atoms with Crippen LogP contribution >= 0.6 is 11.3 Å². The highest BCUT2D eigenvalue weighted by molar-refractivity contribution is 7.09. The van der Waals surface area contributed by atoms with Gasteiger partial charge in [0.15, 0.2) is 0 Å². The second-order valence-electron chi connectivity index (χ2n) is 6.73. The lowest BCUT2D eigenvalue weighted by Gasteiger charge is -2.32. The van der Waals surface area contributed by atoms with E-state index < -0.39 is 0 Å². The van der Waals surface area contributed by atoms with Gasteiger partial charge in [-0.3, -0.25) is 0 Å². The van der Waals surface area contributed by atoms with Crippen LogP contribution in [0.15, 0.2) is 17.5 Å². The predicted molar refractivity (Wildman–Crippen MR) is 93.4 cm³/mol. The van der Waals surface area contributed by atoms with E-state index in [0.717, 1.165) is 26.1 Å². The molecule has 5 heteroatoms. The molecule has 2 amide bonds. The average molecular weight is 324 g/mol. The molecular formula is C17H29N3OS. The van der Waals surface area contributed by atoms with E-state index in [0.29, 0.717) is 11.8 Å². The first kappa shape index (κ1) is 17.3. The number of amides is 2. The van der Waals surface area contributed by atoms with E-state index in [2.05, 4.69) is 41.7 Å². The van der Waals surface area contributed by atoms with Gasteiger partial charge in [-0.25, -0.2) is 4.79 Å². The molecule has 1 saturated heterocycles. The summed E-state index contributed by atoms with van der Waals surface area (Å²) >= 11 is 1.79. The molecule has 1 aromatic heterocycles. The molecule has 2 atom stereocenters. The topological polar surface area (TPSA) is 35.6 Å². The molecule has 1 aliphatic rings. The summed E-state index contributed by atoms with van der Waals surface area (Å²) in [5.74, 6) is 1.08. The van der Waals surface area contributed by atoms with Gasteiger partial charge in [0, 0.05) is 31.6 Å². The number of urea groups is 1. The molecular weight excluding hydrogens is 294 g/mol. The minimum Gasteiger partial charge on any atom is -0.338 e. The Balaban J connectivity index is 1.67. The molecule has 2 rings (SSSR count). The molecule has 0 saturated carbocycles. The van der Waals surface area contributed by atoms with Crippen LogP contribution < -0.4 is 5.32 Å². The summed E-state index contributed by atoms with van der Waals surface area (Å²) in [5.41, 5.74) is 0. The second-order valence-corrected chi connectivity index (χ2v) is 7.76. The molecule has 124 valence electrons. The van der Waals surface area contributed by atoms with Gasteiger partial charge >= 0.3 is 6.03 Å². The number of nitrogens with one attached hydrogen (secondary N) is 1. The minimum absolute atomic E-state index is 0.0613. The van der Waals surface area contributed by atoms with Crippen molar-refractivity contribution >= 4 is 17.4 Å². The third kappa shape index (κ3) is 5.61. The van der Waals surface area contributed by atoms with Gasteiger partial charge in [0.1, 0.15) is 0 Å². The summed E-state index contributed by atoms with van der Waals surface area (Å²) in [6.45, 7) is 6.08. The fourth-order valence-electron chi connectivity index (χ4n) is 3.13. The number of nitrogens with zero attached hydrogens (tertiary/aromatic N) is 2. The highest BCUT2D eigenvalue weighted by atomic mass is 32.1. The van der Waals surface area contributed by atoms with Crippen molar-refractivity contribution in [3.63, 3.8) is 0 Å². The molecule has 0 spiro atoms. The molecule has 1 fully saturated rings. The summed E-state index contributed by atoms with van der Waals surface area (Å²) in [5, 5.41) is 5.18. The van der Waals surface area contributed by atoms with Crippen LogP contribution in [0.3, 0.4) is 0 Å².